The SMILES string of the molecule is O=C(C(=O)c1ccccc1)c1ccccc1.O=C(O)/C=C/c1ccccc1. The van der Waals surface area contributed by atoms with Gasteiger partial charge >= 0.3 is 5.97 Å². The number of aliphatic carboxylic acids is 1. The molecule has 0 aromatic heterocycles. The van der Waals surface area contributed by atoms with Gasteiger partial charge in [0.25, 0.3) is 0 Å². The van der Waals surface area contributed by atoms with Crippen LogP contribution in [0.25, 0.3) is 6.08 Å². The van der Waals surface area contributed by atoms with E-state index in [4.69, 9.17) is 5.11 Å². The number of rotatable bonds is 5. The van der Waals surface area contributed by atoms with Gasteiger partial charge in [0.05, 0.1) is 0 Å². The van der Waals surface area contributed by atoms with Gasteiger partial charge in [0, 0.05) is 17.2 Å². The zero-order valence-corrected chi connectivity index (χ0v) is 14.5. The lowest BCUT2D eigenvalue weighted by Gasteiger charge is -1.99. The van der Waals surface area contributed by atoms with Gasteiger partial charge < -0.3 is 5.11 Å². The molecule has 0 aliphatic rings. The molecule has 3 rings (SSSR count). The summed E-state index contributed by atoms with van der Waals surface area (Å²) in [7, 11) is 0. The Morgan fingerprint density at radius 2 is 0.963 bits per heavy atom. The van der Waals surface area contributed by atoms with Crippen molar-refractivity contribution in [2.45, 2.75) is 0 Å². The quantitative estimate of drug-likeness (QED) is 0.413. The van der Waals surface area contributed by atoms with E-state index in [0.717, 1.165) is 11.6 Å². The van der Waals surface area contributed by atoms with Crippen LogP contribution in [-0.4, -0.2) is 22.6 Å². The highest BCUT2D eigenvalue weighted by molar-refractivity contribution is 6.49. The summed E-state index contributed by atoms with van der Waals surface area (Å²) < 4.78 is 0. The first-order valence-electron chi connectivity index (χ1n) is 8.23. The monoisotopic (exact) mass is 358 g/mol. The number of benzene rings is 3. The van der Waals surface area contributed by atoms with Gasteiger partial charge in [0.2, 0.25) is 11.6 Å². The van der Waals surface area contributed by atoms with Crippen molar-refractivity contribution in [1.82, 2.24) is 0 Å². The van der Waals surface area contributed by atoms with E-state index in [1.54, 1.807) is 54.6 Å². The molecule has 134 valence electrons. The molecule has 3 aromatic rings. The Balaban J connectivity index is 0.000000208. The second kappa shape index (κ2) is 10.3. The van der Waals surface area contributed by atoms with E-state index in [1.165, 1.54) is 0 Å². The smallest absolute Gasteiger partial charge is 0.328 e. The number of ketones is 2. The zero-order valence-electron chi connectivity index (χ0n) is 14.5. The lowest BCUT2D eigenvalue weighted by atomic mass is 10.0. The molecule has 4 nitrogen and oxygen atoms in total. The van der Waals surface area contributed by atoms with E-state index in [2.05, 4.69) is 0 Å². The molecule has 0 unspecified atom stereocenters. The number of carboxylic acid groups (broad SMARTS) is 1. The van der Waals surface area contributed by atoms with Crippen LogP contribution in [0, 0.1) is 0 Å². The van der Waals surface area contributed by atoms with E-state index in [0.29, 0.717) is 11.1 Å². The van der Waals surface area contributed by atoms with E-state index < -0.39 is 17.5 Å². The van der Waals surface area contributed by atoms with Gasteiger partial charge in [0.1, 0.15) is 0 Å². The van der Waals surface area contributed by atoms with Crippen molar-refractivity contribution in [1.29, 1.82) is 0 Å². The van der Waals surface area contributed by atoms with E-state index in [9.17, 15) is 14.4 Å². The van der Waals surface area contributed by atoms with E-state index >= 15 is 0 Å². The standard InChI is InChI=1S/C14H10O2.C9H8O2/c15-13(11-7-3-1-4-8-11)14(16)12-9-5-2-6-10-12;10-9(11)7-6-8-4-2-1-3-5-8/h1-10H;1-7H,(H,10,11)/b;7-6+. The van der Waals surface area contributed by atoms with Gasteiger partial charge in [-0.1, -0.05) is 91.0 Å². The first-order chi connectivity index (χ1) is 13.1. The van der Waals surface area contributed by atoms with Crippen molar-refractivity contribution in [3.8, 4) is 0 Å². The molecule has 0 radical (unpaired) electrons. The third kappa shape index (κ3) is 6.55. The Bertz CT molecular complexity index is 865. The summed E-state index contributed by atoms with van der Waals surface area (Å²) in [6.07, 6.45) is 2.68. The largest absolute Gasteiger partial charge is 0.478 e. The lowest BCUT2D eigenvalue weighted by Crippen LogP contribution is -2.14. The lowest BCUT2D eigenvalue weighted by molar-refractivity contribution is -0.131. The predicted octanol–water partition coefficient (Wildman–Crippen LogP) is 4.54. The maximum atomic E-state index is 11.8. The Kier molecular flexibility index (Phi) is 7.42. The molecule has 0 aliphatic carbocycles. The summed E-state index contributed by atoms with van der Waals surface area (Å²) in [5, 5.41) is 8.29. The van der Waals surface area contributed by atoms with Gasteiger partial charge in [-0.05, 0) is 11.6 Å². The predicted molar refractivity (Wildman–Crippen MR) is 105 cm³/mol. The van der Waals surface area contributed by atoms with Crippen LogP contribution in [0.4, 0.5) is 0 Å². The van der Waals surface area contributed by atoms with E-state index in [-0.39, 0.29) is 0 Å². The van der Waals surface area contributed by atoms with E-state index in [1.807, 2.05) is 42.5 Å². The fourth-order valence-electron chi connectivity index (χ4n) is 2.17. The first kappa shape index (κ1) is 19.5. The molecule has 0 saturated carbocycles. The van der Waals surface area contributed by atoms with Crippen LogP contribution in [0.15, 0.2) is 97.1 Å². The molecule has 4 heteroatoms. The highest BCUT2D eigenvalue weighted by atomic mass is 16.4. The number of carbonyl (C=O) groups excluding carboxylic acids is 2. The molecule has 1 N–H and O–H groups in total. The summed E-state index contributed by atoms with van der Waals surface area (Å²) >= 11 is 0. The molecule has 0 fully saturated rings. The van der Waals surface area contributed by atoms with Crippen LogP contribution in [0.1, 0.15) is 26.3 Å². The molecule has 3 aromatic carbocycles. The minimum Gasteiger partial charge on any atom is -0.478 e. The van der Waals surface area contributed by atoms with Crippen LogP contribution in [0.2, 0.25) is 0 Å². The van der Waals surface area contributed by atoms with Crippen molar-refractivity contribution in [2.75, 3.05) is 0 Å². The third-order valence-corrected chi connectivity index (χ3v) is 3.50. The second-order valence-electron chi connectivity index (χ2n) is 5.47. The molecule has 0 spiro atoms. The topological polar surface area (TPSA) is 71.4 Å². The molecule has 0 bridgehead atoms. The first-order valence-corrected chi connectivity index (χ1v) is 8.23. The number of hydrogen-bond donors (Lipinski definition) is 1. The van der Waals surface area contributed by atoms with Gasteiger partial charge in [0.15, 0.2) is 0 Å². The highest BCUT2D eigenvalue weighted by Gasteiger charge is 2.16. The van der Waals surface area contributed by atoms with Crippen molar-refractivity contribution < 1.29 is 19.5 Å². The van der Waals surface area contributed by atoms with Crippen LogP contribution >= 0.6 is 0 Å². The maximum absolute atomic E-state index is 11.8. The minimum atomic E-state index is -0.922. The summed E-state index contributed by atoms with van der Waals surface area (Å²) in [4.78, 5) is 33.7. The number of carboxylic acids is 1. The van der Waals surface area contributed by atoms with Crippen molar-refractivity contribution >= 4 is 23.6 Å². The van der Waals surface area contributed by atoms with Gasteiger partial charge in [-0.15, -0.1) is 0 Å². The molecular formula is C23H18O4. The minimum absolute atomic E-state index is 0.427. The second-order valence-corrected chi connectivity index (χ2v) is 5.47. The molecule has 0 heterocycles. The molecular weight excluding hydrogens is 340 g/mol. The average Bonchev–Trinajstić information content (AvgIpc) is 2.73. The fraction of sp³-hybridized carbons (Fsp3) is 0. The van der Waals surface area contributed by atoms with Crippen LogP contribution < -0.4 is 0 Å². The summed E-state index contributed by atoms with van der Waals surface area (Å²) in [5.41, 5.74) is 1.75. The number of Topliss-reactive ketones (excluding diaryl/α,β-unsaturated/α-hetero) is 2. The fourth-order valence-corrected chi connectivity index (χ4v) is 2.17. The Morgan fingerprint density at radius 3 is 1.33 bits per heavy atom. The number of hydrogen-bond acceptors (Lipinski definition) is 3. The summed E-state index contributed by atoms with van der Waals surface area (Å²) in [6, 6.07) is 26.5. The summed E-state index contributed by atoms with van der Waals surface area (Å²) in [6.45, 7) is 0. The van der Waals surface area contributed by atoms with Crippen molar-refractivity contribution in [3.05, 3.63) is 114 Å². The highest BCUT2D eigenvalue weighted by Crippen LogP contribution is 2.07. The van der Waals surface area contributed by atoms with Gasteiger partial charge in [-0.2, -0.15) is 0 Å². The Hall–Kier alpha value is -3.79. The summed E-state index contributed by atoms with van der Waals surface area (Å²) in [5.74, 6) is -1.85. The van der Waals surface area contributed by atoms with Crippen LogP contribution in [0.3, 0.4) is 0 Å². The third-order valence-electron chi connectivity index (χ3n) is 3.50. The average molecular weight is 358 g/mol. The van der Waals surface area contributed by atoms with Crippen molar-refractivity contribution in [2.24, 2.45) is 0 Å². The molecule has 27 heavy (non-hydrogen) atoms. The van der Waals surface area contributed by atoms with Crippen LogP contribution in [-0.2, 0) is 4.79 Å². The van der Waals surface area contributed by atoms with Crippen LogP contribution in [0.5, 0.6) is 0 Å². The molecule has 0 aliphatic heterocycles. The molecule has 0 saturated heterocycles. The van der Waals surface area contributed by atoms with Gasteiger partial charge in [-0.25, -0.2) is 4.79 Å². The molecule has 0 amide bonds. The molecule has 0 atom stereocenters. The van der Waals surface area contributed by atoms with Gasteiger partial charge in [-0.3, -0.25) is 9.59 Å². The zero-order chi connectivity index (χ0) is 19.5. The normalized spacial score (nSPS) is 9.93. The van der Waals surface area contributed by atoms with Crippen molar-refractivity contribution in [3.63, 3.8) is 0 Å². The number of carbonyl (C=O) groups is 3. The Labute approximate surface area is 157 Å². The Morgan fingerprint density at radius 1 is 0.593 bits per heavy atom. The maximum Gasteiger partial charge on any atom is 0.328 e.